The van der Waals surface area contributed by atoms with Gasteiger partial charge in [-0.15, -0.1) is 0 Å². The smallest absolute Gasteiger partial charge is 0.280 e. The second kappa shape index (κ2) is 5.26. The number of nitrogens with zero attached hydrogens (tertiary/aromatic N) is 3. The maximum absolute atomic E-state index is 12.1. The first-order valence-electron chi connectivity index (χ1n) is 6.45. The molecule has 0 N–H and O–H groups in total. The van der Waals surface area contributed by atoms with Gasteiger partial charge < -0.3 is 0 Å². The predicted molar refractivity (Wildman–Crippen MR) is 82.4 cm³/mol. The Morgan fingerprint density at radius 1 is 1.14 bits per heavy atom. The molecule has 1 aromatic carbocycles. The summed E-state index contributed by atoms with van der Waals surface area (Å²) in [6, 6.07) is 8.39. The van der Waals surface area contributed by atoms with Gasteiger partial charge in [-0.3, -0.25) is 14.5 Å². The molecule has 2 amide bonds. The van der Waals surface area contributed by atoms with Gasteiger partial charge in [0.05, 0.1) is 17.3 Å². The Kier molecular flexibility index (Phi) is 3.79. The molecule has 0 aliphatic carbocycles. The van der Waals surface area contributed by atoms with Gasteiger partial charge in [0, 0.05) is 6.54 Å². The van der Waals surface area contributed by atoms with Gasteiger partial charge in [-0.25, -0.2) is 4.90 Å². The van der Waals surface area contributed by atoms with Crippen LogP contribution in [0.2, 0.25) is 0 Å². The lowest BCUT2D eigenvalue weighted by Crippen LogP contribution is -2.38. The summed E-state index contributed by atoms with van der Waals surface area (Å²) in [5.41, 5.74) is 0.809. The molecule has 1 aliphatic heterocycles. The molecule has 0 radical (unpaired) electrons. The van der Waals surface area contributed by atoms with Crippen LogP contribution in [-0.4, -0.2) is 28.4 Å². The number of carbonyl (C=O) groups excluding carboxylic acids is 2. The van der Waals surface area contributed by atoms with Crippen LogP contribution in [0.3, 0.4) is 0 Å². The summed E-state index contributed by atoms with van der Waals surface area (Å²) in [5, 5.41) is 8.98. The lowest BCUT2D eigenvalue weighted by molar-refractivity contribution is -0.139. The molecule has 1 aromatic rings. The lowest BCUT2D eigenvalue weighted by Gasteiger charge is -2.26. The van der Waals surface area contributed by atoms with Crippen LogP contribution in [0.4, 0.5) is 5.69 Å². The van der Waals surface area contributed by atoms with E-state index in [4.69, 9.17) is 17.5 Å². The minimum atomic E-state index is -0.658. The van der Waals surface area contributed by atoms with Gasteiger partial charge >= 0.3 is 11.8 Å². The minimum absolute atomic E-state index is 0.166. The molecule has 21 heavy (non-hydrogen) atoms. The molecule has 1 fully saturated rings. The summed E-state index contributed by atoms with van der Waals surface area (Å²) in [4.78, 5) is 26.8. The molecule has 1 saturated heterocycles. The highest BCUT2D eigenvalue weighted by atomic mass is 32.1. The zero-order valence-corrected chi connectivity index (χ0v) is 12.9. The van der Waals surface area contributed by atoms with Gasteiger partial charge in [0.2, 0.25) is 0 Å². The zero-order valence-electron chi connectivity index (χ0n) is 12.1. The second-order valence-corrected chi connectivity index (χ2v) is 6.40. The molecular weight excluding hydrogens is 286 g/mol. The van der Waals surface area contributed by atoms with Gasteiger partial charge in [-0.1, -0.05) is 20.8 Å². The molecule has 108 valence electrons. The predicted octanol–water partition coefficient (Wildman–Crippen LogP) is 2.06. The van der Waals surface area contributed by atoms with Gasteiger partial charge in [-0.05, 0) is 41.9 Å². The van der Waals surface area contributed by atoms with E-state index in [0.29, 0.717) is 17.8 Å². The van der Waals surface area contributed by atoms with Crippen molar-refractivity contribution in [3.63, 3.8) is 0 Å². The van der Waals surface area contributed by atoms with Crippen LogP contribution in [0.1, 0.15) is 26.3 Å². The number of thiocarbonyl (C=S) groups is 1. The number of rotatable bonds is 2. The molecule has 0 aromatic heterocycles. The molecule has 5 nitrogen and oxygen atoms in total. The van der Waals surface area contributed by atoms with Crippen molar-refractivity contribution >= 4 is 34.8 Å². The Bertz CT molecular complexity index is 653. The van der Waals surface area contributed by atoms with Crippen LogP contribution in [0, 0.1) is 16.7 Å². The maximum atomic E-state index is 12.1. The molecule has 6 heteroatoms. The van der Waals surface area contributed by atoms with E-state index in [2.05, 4.69) is 0 Å². The molecule has 0 atom stereocenters. The van der Waals surface area contributed by atoms with E-state index < -0.39 is 11.8 Å². The van der Waals surface area contributed by atoms with Crippen LogP contribution in [-0.2, 0) is 9.59 Å². The standard InChI is InChI=1S/C15H15N3O2S/c1-15(2,3)9-17-12(19)13(20)18(14(17)21)11-6-4-10(8-16)5-7-11/h4-7H,9H2,1-3H3. The highest BCUT2D eigenvalue weighted by Gasteiger charge is 2.43. The van der Waals surface area contributed by atoms with E-state index in [9.17, 15) is 9.59 Å². The second-order valence-electron chi connectivity index (χ2n) is 6.03. The normalized spacial score (nSPS) is 15.6. The van der Waals surface area contributed by atoms with E-state index in [1.807, 2.05) is 26.8 Å². The fourth-order valence-corrected chi connectivity index (χ4v) is 2.37. The minimum Gasteiger partial charge on any atom is -0.280 e. The monoisotopic (exact) mass is 301 g/mol. The SMILES string of the molecule is CC(C)(C)CN1C(=O)C(=O)N(c2ccc(C#N)cc2)C1=S. The number of anilines is 1. The average molecular weight is 301 g/mol. The molecule has 1 heterocycles. The average Bonchev–Trinajstić information content (AvgIpc) is 2.62. The Morgan fingerprint density at radius 2 is 1.71 bits per heavy atom. The zero-order chi connectivity index (χ0) is 15.8. The summed E-state index contributed by atoms with van der Waals surface area (Å²) in [6.45, 7) is 6.29. The quantitative estimate of drug-likeness (QED) is 0.619. The summed E-state index contributed by atoms with van der Waals surface area (Å²) in [6.07, 6.45) is 0. The van der Waals surface area contributed by atoms with Crippen LogP contribution < -0.4 is 4.90 Å². The van der Waals surface area contributed by atoms with Gasteiger partial charge in [-0.2, -0.15) is 5.26 Å². The van der Waals surface area contributed by atoms with E-state index in [0.717, 1.165) is 0 Å². The molecule has 0 saturated carbocycles. The third kappa shape index (κ3) is 2.93. The third-order valence-corrected chi connectivity index (χ3v) is 3.34. The highest BCUT2D eigenvalue weighted by Crippen LogP contribution is 2.26. The Morgan fingerprint density at radius 3 is 2.19 bits per heavy atom. The largest absolute Gasteiger partial charge is 0.323 e. The first-order valence-corrected chi connectivity index (χ1v) is 6.85. The maximum Gasteiger partial charge on any atom is 0.323 e. The first kappa shape index (κ1) is 15.1. The van der Waals surface area contributed by atoms with Crippen LogP contribution in [0.25, 0.3) is 0 Å². The number of carbonyl (C=O) groups is 2. The molecule has 0 spiro atoms. The number of amides is 2. The van der Waals surface area contributed by atoms with Crippen molar-refractivity contribution in [3.05, 3.63) is 29.8 Å². The van der Waals surface area contributed by atoms with E-state index in [-0.39, 0.29) is 10.5 Å². The van der Waals surface area contributed by atoms with Crippen LogP contribution in [0.15, 0.2) is 24.3 Å². The van der Waals surface area contributed by atoms with Crippen molar-refractivity contribution in [2.75, 3.05) is 11.4 Å². The summed E-state index contributed by atoms with van der Waals surface area (Å²) in [7, 11) is 0. The van der Waals surface area contributed by atoms with E-state index in [1.54, 1.807) is 24.3 Å². The third-order valence-electron chi connectivity index (χ3n) is 2.94. The summed E-state index contributed by atoms with van der Waals surface area (Å²) >= 11 is 5.27. The first-order chi connectivity index (χ1) is 9.74. The van der Waals surface area contributed by atoms with Crippen LogP contribution in [0.5, 0.6) is 0 Å². The number of benzene rings is 1. The Labute approximate surface area is 128 Å². The van der Waals surface area contributed by atoms with Gasteiger partial charge in [0.1, 0.15) is 0 Å². The van der Waals surface area contributed by atoms with Gasteiger partial charge in [0.15, 0.2) is 5.11 Å². The van der Waals surface area contributed by atoms with E-state index in [1.165, 1.54) is 9.80 Å². The van der Waals surface area contributed by atoms with Crippen molar-refractivity contribution in [3.8, 4) is 6.07 Å². The van der Waals surface area contributed by atoms with E-state index >= 15 is 0 Å². The fourth-order valence-electron chi connectivity index (χ4n) is 2.03. The molecule has 0 bridgehead atoms. The Balaban J connectivity index is 2.33. The molecule has 2 rings (SSSR count). The number of nitriles is 1. The van der Waals surface area contributed by atoms with Crippen molar-refractivity contribution in [1.29, 1.82) is 5.26 Å². The molecular formula is C15H15N3O2S. The molecule has 0 unspecified atom stereocenters. The van der Waals surface area contributed by atoms with Crippen molar-refractivity contribution in [2.45, 2.75) is 20.8 Å². The lowest BCUT2D eigenvalue weighted by atomic mass is 9.96. The van der Waals surface area contributed by atoms with Crippen molar-refractivity contribution < 1.29 is 9.59 Å². The number of hydrogen-bond donors (Lipinski definition) is 0. The van der Waals surface area contributed by atoms with Crippen molar-refractivity contribution in [1.82, 2.24) is 4.90 Å². The topological polar surface area (TPSA) is 64.4 Å². The summed E-state index contributed by atoms with van der Waals surface area (Å²) < 4.78 is 0. The van der Waals surface area contributed by atoms with Crippen molar-refractivity contribution in [2.24, 2.45) is 5.41 Å². The fraction of sp³-hybridized carbons (Fsp3) is 0.333. The number of hydrogen-bond acceptors (Lipinski definition) is 4. The summed E-state index contributed by atoms with van der Waals surface area (Å²) in [5.74, 6) is -1.27. The van der Waals surface area contributed by atoms with Crippen LogP contribution >= 0.6 is 12.2 Å². The highest BCUT2D eigenvalue weighted by molar-refractivity contribution is 7.80. The van der Waals surface area contributed by atoms with Gasteiger partial charge in [0.25, 0.3) is 0 Å². The molecule has 1 aliphatic rings. The Hall–Kier alpha value is -2.26.